The second-order valence-electron chi connectivity index (χ2n) is 11.2. The van der Waals surface area contributed by atoms with E-state index in [9.17, 15) is 19.8 Å². The van der Waals surface area contributed by atoms with Crippen molar-refractivity contribution in [2.45, 2.75) is 80.1 Å². The van der Waals surface area contributed by atoms with Crippen LogP contribution in [0.5, 0.6) is 0 Å². The molecule has 5 heterocycles. The smallest absolute Gasteiger partial charge is 0.303 e. The summed E-state index contributed by atoms with van der Waals surface area (Å²) in [6.07, 6.45) is 2.37. The van der Waals surface area contributed by atoms with E-state index < -0.39 is 11.9 Å². The Labute approximate surface area is 273 Å². The van der Waals surface area contributed by atoms with Crippen LogP contribution in [0.3, 0.4) is 0 Å². The van der Waals surface area contributed by atoms with Gasteiger partial charge in [-0.1, -0.05) is 13.8 Å². The van der Waals surface area contributed by atoms with Crippen LogP contribution in [0.2, 0.25) is 0 Å². The summed E-state index contributed by atoms with van der Waals surface area (Å²) in [4.78, 5) is 40.3. The molecule has 0 saturated carbocycles. The number of nitrogens with zero attached hydrogens (tertiary/aromatic N) is 2. The number of aromatic amines is 2. The standard InChI is InChI=1S/C34H38N4O4.ClH.Co/c1-7-21-17(3)25-13-26-19(5)23(9-11-33(39)40)31(37-26)16-32-24(10-12-34(41)42)20(6)28(38-32)15-30-22(8-2)18(4)27(36-30)14-29(21)35-25;;/h13-16,35-36H,7-12H2,1-6H3,(H,39,40)(H,41,42);1H;. The largest absolute Gasteiger partial charge is 0.481 e. The van der Waals surface area contributed by atoms with Gasteiger partial charge in [-0.3, -0.25) is 9.59 Å². The number of H-pyrrole nitrogens is 2. The number of nitrogens with one attached hydrogen (secondary N) is 2. The Morgan fingerprint density at radius 3 is 1.43 bits per heavy atom. The molecule has 0 amide bonds. The number of carboxylic acid groups (broad SMARTS) is 2. The minimum Gasteiger partial charge on any atom is -0.481 e. The van der Waals surface area contributed by atoms with Gasteiger partial charge in [0.2, 0.25) is 0 Å². The number of aromatic nitrogens is 4. The number of halogens is 1. The fraction of sp³-hybridized carbons (Fsp3) is 0.353. The van der Waals surface area contributed by atoms with Gasteiger partial charge in [-0.15, -0.1) is 12.4 Å². The van der Waals surface area contributed by atoms with Gasteiger partial charge < -0.3 is 20.2 Å². The molecule has 3 aromatic rings. The van der Waals surface area contributed by atoms with Crippen molar-refractivity contribution in [2.24, 2.45) is 0 Å². The zero-order valence-corrected chi connectivity index (χ0v) is 27.8. The Kier molecular flexibility index (Phi) is 11.1. The molecule has 0 atom stereocenters. The molecule has 8 nitrogen and oxygen atoms in total. The third kappa shape index (κ3) is 6.55. The van der Waals surface area contributed by atoms with Crippen LogP contribution in [-0.2, 0) is 39.2 Å². The average molecular weight is 662 g/mol. The van der Waals surface area contributed by atoms with Crippen LogP contribution in [0, 0.1) is 13.8 Å². The molecule has 5 rings (SSSR count). The maximum Gasteiger partial charge on any atom is 0.303 e. The maximum atomic E-state index is 11.5. The van der Waals surface area contributed by atoms with Crippen molar-refractivity contribution in [2.75, 3.05) is 0 Å². The number of carbonyl (C=O) groups is 2. The fourth-order valence-electron chi connectivity index (χ4n) is 6.22. The summed E-state index contributed by atoms with van der Waals surface area (Å²) in [7, 11) is 0. The minimum absolute atomic E-state index is 0. The van der Waals surface area contributed by atoms with Gasteiger partial charge in [0.25, 0.3) is 0 Å². The Bertz CT molecular complexity index is 1870. The molecule has 0 fully saturated rings. The summed E-state index contributed by atoms with van der Waals surface area (Å²) in [5, 5.41) is 18.9. The molecule has 4 N–H and O–H groups in total. The quantitative estimate of drug-likeness (QED) is 0.193. The Balaban J connectivity index is 0.00000264. The molecule has 0 saturated heterocycles. The van der Waals surface area contributed by atoms with Gasteiger partial charge in [0.1, 0.15) is 0 Å². The monoisotopic (exact) mass is 661 g/mol. The first-order valence-electron chi connectivity index (χ1n) is 14.6. The molecule has 8 bridgehead atoms. The van der Waals surface area contributed by atoms with E-state index in [1.165, 1.54) is 16.7 Å². The first-order valence-corrected chi connectivity index (χ1v) is 14.6. The van der Waals surface area contributed by atoms with Crippen LogP contribution in [0.15, 0.2) is 24.3 Å². The third-order valence-electron chi connectivity index (χ3n) is 8.69. The molecule has 0 spiro atoms. The molecule has 0 aliphatic carbocycles. The van der Waals surface area contributed by atoms with Crippen molar-refractivity contribution >= 4 is 68.7 Å². The summed E-state index contributed by atoms with van der Waals surface area (Å²) in [6.45, 7) is 12.5. The van der Waals surface area contributed by atoms with Crippen molar-refractivity contribution in [1.29, 1.82) is 0 Å². The molecule has 2 aliphatic rings. The zero-order valence-electron chi connectivity index (χ0n) is 25.9. The van der Waals surface area contributed by atoms with Gasteiger partial charge in [0.15, 0.2) is 0 Å². The van der Waals surface area contributed by atoms with Gasteiger partial charge in [-0.05, 0) is 122 Å². The van der Waals surface area contributed by atoms with Gasteiger partial charge in [-0.25, -0.2) is 9.97 Å². The van der Waals surface area contributed by atoms with Crippen LogP contribution in [-0.4, -0.2) is 42.1 Å². The predicted molar refractivity (Wildman–Crippen MR) is 175 cm³/mol. The Morgan fingerprint density at radius 1 is 0.636 bits per heavy atom. The average Bonchev–Trinajstić information content (AvgIpc) is 3.59. The summed E-state index contributed by atoms with van der Waals surface area (Å²) < 4.78 is 0. The summed E-state index contributed by atoms with van der Waals surface area (Å²) in [5.41, 5.74) is 15.4. The Morgan fingerprint density at radius 2 is 1.02 bits per heavy atom. The number of aryl methyl sites for hydroxylation is 4. The van der Waals surface area contributed by atoms with Crippen molar-refractivity contribution in [1.82, 2.24) is 19.9 Å². The molecule has 235 valence electrons. The third-order valence-corrected chi connectivity index (χ3v) is 8.69. The molecule has 2 aliphatic heterocycles. The van der Waals surface area contributed by atoms with E-state index in [2.05, 4.69) is 49.8 Å². The van der Waals surface area contributed by atoms with Crippen molar-refractivity contribution < 1.29 is 36.6 Å². The van der Waals surface area contributed by atoms with Gasteiger partial charge in [-0.2, -0.15) is 0 Å². The molecular weight excluding hydrogens is 623 g/mol. The molecule has 44 heavy (non-hydrogen) atoms. The predicted octanol–water partition coefficient (Wildman–Crippen LogP) is 8.07. The van der Waals surface area contributed by atoms with E-state index in [4.69, 9.17) is 9.97 Å². The van der Waals surface area contributed by atoms with Crippen LogP contribution in [0.25, 0.3) is 44.4 Å². The number of fused-ring (bicyclic) bond motifs is 8. The van der Waals surface area contributed by atoms with E-state index in [1.807, 2.05) is 26.0 Å². The second-order valence-corrected chi connectivity index (χ2v) is 11.2. The van der Waals surface area contributed by atoms with Crippen LogP contribution < -0.4 is 0 Å². The van der Waals surface area contributed by atoms with Crippen LogP contribution >= 0.6 is 12.4 Å². The zero-order chi connectivity index (χ0) is 30.3. The molecule has 3 aromatic heterocycles. The van der Waals surface area contributed by atoms with Gasteiger partial charge >= 0.3 is 11.9 Å². The second kappa shape index (κ2) is 14.0. The molecule has 10 heteroatoms. The number of rotatable bonds is 8. The SMILES string of the molecule is CCc1c(C)c2cc3[nH]c(cc4nc(cc5nc(cc1[nH]2)C(C)=C5CCC(=O)O)C(CCC(=O)O)=C4C)c(C)c3CC.Cl.[Co]. The molecular formula is C34H39ClCoN4O4. The number of allylic oxidation sites excluding steroid dienone is 4. The van der Waals surface area contributed by atoms with E-state index >= 15 is 0 Å². The first-order chi connectivity index (χ1) is 20.0. The van der Waals surface area contributed by atoms with Gasteiger partial charge in [0, 0.05) is 51.7 Å². The summed E-state index contributed by atoms with van der Waals surface area (Å²) >= 11 is 0. The maximum absolute atomic E-state index is 11.5. The van der Waals surface area contributed by atoms with Crippen LogP contribution in [0.1, 0.15) is 98.4 Å². The van der Waals surface area contributed by atoms with Crippen molar-refractivity contribution in [3.8, 4) is 0 Å². The van der Waals surface area contributed by atoms with E-state index in [-0.39, 0.29) is 42.0 Å². The number of aliphatic carboxylic acids is 2. The summed E-state index contributed by atoms with van der Waals surface area (Å²) in [5.74, 6) is -1.74. The minimum atomic E-state index is -0.869. The first kappa shape index (κ1) is 34.8. The van der Waals surface area contributed by atoms with E-state index in [0.29, 0.717) is 24.2 Å². The molecule has 0 unspecified atom stereocenters. The summed E-state index contributed by atoms with van der Waals surface area (Å²) in [6, 6.07) is 8.19. The number of hydrogen-bond acceptors (Lipinski definition) is 4. The normalized spacial score (nSPS) is 12.7. The number of hydrogen-bond donors (Lipinski definition) is 4. The van der Waals surface area contributed by atoms with E-state index in [1.54, 1.807) is 0 Å². The molecule has 0 aromatic carbocycles. The van der Waals surface area contributed by atoms with Crippen LogP contribution in [0.4, 0.5) is 0 Å². The fourth-order valence-corrected chi connectivity index (χ4v) is 6.22. The molecule has 1 radical (unpaired) electrons. The van der Waals surface area contributed by atoms with Crippen molar-refractivity contribution in [3.63, 3.8) is 0 Å². The van der Waals surface area contributed by atoms with Gasteiger partial charge in [0.05, 0.1) is 22.8 Å². The van der Waals surface area contributed by atoms with E-state index in [0.717, 1.165) is 74.2 Å². The Hall–Kier alpha value is -3.66. The van der Waals surface area contributed by atoms with Crippen molar-refractivity contribution in [3.05, 3.63) is 69.3 Å². The topological polar surface area (TPSA) is 132 Å². The number of carboxylic acids is 2.